The Bertz CT molecular complexity index is 1510. The molecule has 7 atom stereocenters. The fraction of sp³-hybridized carbons (Fsp3) is 0.788. The van der Waals surface area contributed by atoms with Crippen LogP contribution in [0.1, 0.15) is 271 Å². The van der Waals surface area contributed by atoms with E-state index in [1.165, 1.54) is 141 Å². The van der Waals surface area contributed by atoms with Gasteiger partial charge in [-0.2, -0.15) is 0 Å². The second-order valence-corrected chi connectivity index (χ2v) is 21.7. The summed E-state index contributed by atoms with van der Waals surface area (Å²) in [6.45, 7) is 4.18. The molecule has 1 aliphatic heterocycles. The van der Waals surface area contributed by atoms with E-state index in [1.54, 1.807) is 6.08 Å². The summed E-state index contributed by atoms with van der Waals surface area (Å²) in [7, 11) is 0. The molecule has 0 radical (unpaired) electrons. The van der Waals surface area contributed by atoms with Gasteiger partial charge in [-0.15, -0.1) is 0 Å². The first-order chi connectivity index (χ1) is 37.7. The molecule has 1 aliphatic rings. The number of carbonyl (C=O) groups is 2. The molecule has 0 aliphatic carbocycles. The van der Waals surface area contributed by atoms with Gasteiger partial charge in [-0.3, -0.25) is 9.59 Å². The molecular weight excluding hydrogens is 967 g/mol. The number of ether oxygens (including phenoxy) is 3. The van der Waals surface area contributed by atoms with Crippen LogP contribution < -0.4 is 5.32 Å². The summed E-state index contributed by atoms with van der Waals surface area (Å²) in [6.07, 6.45) is 63.1. The van der Waals surface area contributed by atoms with E-state index >= 15 is 0 Å². The zero-order valence-corrected chi connectivity index (χ0v) is 49.2. The van der Waals surface area contributed by atoms with E-state index in [-0.39, 0.29) is 18.5 Å². The summed E-state index contributed by atoms with van der Waals surface area (Å²) in [5.74, 6) is -0.224. The van der Waals surface area contributed by atoms with Crippen LogP contribution in [0.15, 0.2) is 72.9 Å². The van der Waals surface area contributed by atoms with Gasteiger partial charge in [-0.1, -0.05) is 222 Å². The second kappa shape index (κ2) is 55.0. The van der Waals surface area contributed by atoms with Crippen molar-refractivity contribution in [2.24, 2.45) is 0 Å². The molecule has 11 heteroatoms. The highest BCUT2D eigenvalue weighted by Gasteiger charge is 2.44. The number of rotatable bonds is 54. The van der Waals surface area contributed by atoms with Crippen LogP contribution in [0.25, 0.3) is 0 Å². The zero-order chi connectivity index (χ0) is 55.9. The number of hydrogen-bond donors (Lipinski definition) is 6. The Morgan fingerprint density at radius 1 is 0.494 bits per heavy atom. The first-order valence-corrected chi connectivity index (χ1v) is 31.7. The Labute approximate surface area is 471 Å². The molecule has 0 aromatic rings. The average Bonchev–Trinajstić information content (AvgIpc) is 3.43. The lowest BCUT2D eigenvalue weighted by Crippen LogP contribution is -2.60. The number of aliphatic hydroxyl groups excluding tert-OH is 5. The minimum Gasteiger partial charge on any atom is -0.466 e. The SMILES string of the molecule is CC/C=C/CC/C=C/CC/C=C/C(O)C(COC1OC(CO)C(O)C(O)C1O)NC(=O)CCCCCCCCC/C=C\C/C=C\CCCCCCCCCCCOC(=O)CCCCCCC/C=C\CCCCCCCCC. The molecule has 1 saturated heterocycles. The van der Waals surface area contributed by atoms with Gasteiger partial charge in [0.2, 0.25) is 5.91 Å². The molecule has 77 heavy (non-hydrogen) atoms. The van der Waals surface area contributed by atoms with Crippen molar-refractivity contribution in [3.8, 4) is 0 Å². The quantitative estimate of drug-likeness (QED) is 0.0195. The molecule has 446 valence electrons. The molecular formula is C66H117NO10. The van der Waals surface area contributed by atoms with Crippen LogP contribution in [-0.4, -0.2) is 100 Å². The van der Waals surface area contributed by atoms with E-state index < -0.39 is 49.5 Å². The van der Waals surface area contributed by atoms with Crippen molar-refractivity contribution in [2.75, 3.05) is 19.8 Å². The third-order valence-corrected chi connectivity index (χ3v) is 14.5. The van der Waals surface area contributed by atoms with Crippen molar-refractivity contribution >= 4 is 11.9 Å². The van der Waals surface area contributed by atoms with E-state index in [1.807, 2.05) is 6.08 Å². The van der Waals surface area contributed by atoms with E-state index in [0.717, 1.165) is 96.3 Å². The molecule has 0 saturated carbocycles. The monoisotopic (exact) mass is 1080 g/mol. The highest BCUT2D eigenvalue weighted by atomic mass is 16.7. The van der Waals surface area contributed by atoms with Gasteiger partial charge in [0.25, 0.3) is 0 Å². The number of hydrogen-bond acceptors (Lipinski definition) is 10. The first-order valence-electron chi connectivity index (χ1n) is 31.7. The van der Waals surface area contributed by atoms with E-state index in [4.69, 9.17) is 14.2 Å². The predicted molar refractivity (Wildman–Crippen MR) is 319 cm³/mol. The molecule has 0 bridgehead atoms. The predicted octanol–water partition coefficient (Wildman–Crippen LogP) is 15.2. The van der Waals surface area contributed by atoms with Gasteiger partial charge >= 0.3 is 5.97 Å². The molecule has 11 nitrogen and oxygen atoms in total. The summed E-state index contributed by atoms with van der Waals surface area (Å²) in [5, 5.41) is 54.2. The van der Waals surface area contributed by atoms with Gasteiger partial charge in [0.05, 0.1) is 32.0 Å². The van der Waals surface area contributed by atoms with Crippen LogP contribution in [0.2, 0.25) is 0 Å². The van der Waals surface area contributed by atoms with Gasteiger partial charge in [0.15, 0.2) is 6.29 Å². The Morgan fingerprint density at radius 3 is 1.43 bits per heavy atom. The molecule has 0 aromatic carbocycles. The molecule has 0 spiro atoms. The number of unbranched alkanes of at least 4 members (excludes halogenated alkanes) is 30. The van der Waals surface area contributed by atoms with Crippen LogP contribution in [0, 0.1) is 0 Å². The topological polar surface area (TPSA) is 175 Å². The molecule has 7 unspecified atom stereocenters. The number of aliphatic hydroxyl groups is 5. The lowest BCUT2D eigenvalue weighted by Gasteiger charge is -2.40. The van der Waals surface area contributed by atoms with E-state index in [9.17, 15) is 35.1 Å². The van der Waals surface area contributed by atoms with Crippen molar-refractivity contribution < 1.29 is 49.3 Å². The maximum Gasteiger partial charge on any atom is 0.305 e. The van der Waals surface area contributed by atoms with Crippen LogP contribution in [0.5, 0.6) is 0 Å². The maximum absolute atomic E-state index is 13.0. The molecule has 6 N–H and O–H groups in total. The third kappa shape index (κ3) is 44.5. The minimum absolute atomic E-state index is 0.0138. The molecule has 0 aromatic heterocycles. The highest BCUT2D eigenvalue weighted by molar-refractivity contribution is 5.76. The zero-order valence-electron chi connectivity index (χ0n) is 49.2. The number of nitrogens with one attached hydrogen (secondary N) is 1. The van der Waals surface area contributed by atoms with Crippen molar-refractivity contribution in [3.05, 3.63) is 72.9 Å². The fourth-order valence-electron chi connectivity index (χ4n) is 9.50. The van der Waals surface area contributed by atoms with Crippen LogP contribution in [0.4, 0.5) is 0 Å². The number of allylic oxidation sites excluding steroid dienone is 11. The lowest BCUT2D eigenvalue weighted by atomic mass is 9.99. The summed E-state index contributed by atoms with van der Waals surface area (Å²) < 4.78 is 16.7. The highest BCUT2D eigenvalue weighted by Crippen LogP contribution is 2.23. The molecule has 1 amide bonds. The Morgan fingerprint density at radius 2 is 0.922 bits per heavy atom. The smallest absolute Gasteiger partial charge is 0.305 e. The Balaban J connectivity index is 2.02. The van der Waals surface area contributed by atoms with Crippen molar-refractivity contribution in [1.29, 1.82) is 0 Å². The normalized spacial score (nSPS) is 19.1. The lowest BCUT2D eigenvalue weighted by molar-refractivity contribution is -0.302. The molecule has 1 heterocycles. The largest absolute Gasteiger partial charge is 0.466 e. The van der Waals surface area contributed by atoms with Gasteiger partial charge in [-0.05, 0) is 109 Å². The van der Waals surface area contributed by atoms with Crippen LogP contribution in [0.3, 0.4) is 0 Å². The fourth-order valence-corrected chi connectivity index (χ4v) is 9.50. The number of esters is 1. The van der Waals surface area contributed by atoms with Crippen LogP contribution >= 0.6 is 0 Å². The summed E-state index contributed by atoms with van der Waals surface area (Å²) in [6, 6.07) is -0.843. The number of carbonyl (C=O) groups excluding carboxylic acids is 2. The van der Waals surface area contributed by atoms with Crippen molar-refractivity contribution in [1.82, 2.24) is 5.32 Å². The van der Waals surface area contributed by atoms with Gasteiger partial charge in [0.1, 0.15) is 24.4 Å². The van der Waals surface area contributed by atoms with Gasteiger partial charge in [-0.25, -0.2) is 0 Å². The van der Waals surface area contributed by atoms with Gasteiger partial charge in [0, 0.05) is 12.8 Å². The Kier molecular flexibility index (Phi) is 51.5. The van der Waals surface area contributed by atoms with Crippen molar-refractivity contribution in [3.63, 3.8) is 0 Å². The number of amides is 1. The Hall–Kier alpha value is -2.90. The summed E-state index contributed by atoms with van der Waals surface area (Å²) >= 11 is 0. The van der Waals surface area contributed by atoms with E-state index in [0.29, 0.717) is 25.9 Å². The third-order valence-electron chi connectivity index (χ3n) is 14.5. The molecule has 1 fully saturated rings. The summed E-state index contributed by atoms with van der Waals surface area (Å²) in [5.41, 5.74) is 0. The average molecular weight is 1080 g/mol. The maximum atomic E-state index is 13.0. The van der Waals surface area contributed by atoms with Crippen molar-refractivity contribution in [2.45, 2.75) is 314 Å². The second-order valence-electron chi connectivity index (χ2n) is 21.7. The van der Waals surface area contributed by atoms with Crippen LogP contribution in [-0.2, 0) is 23.8 Å². The standard InChI is InChI=1S/C66H117NO10/c1-3-5-7-9-11-13-15-16-17-28-31-34-38-42-46-50-54-62(71)75-55-51-47-43-39-35-32-29-26-24-22-20-18-19-21-23-25-27-30-33-37-41-45-49-53-61(70)67-58(57-76-66-65(74)64(73)63(72)60(56-68)77-66)59(69)52-48-44-40-36-14-12-10-8-6-4-2/h6,8,14,17-18,20-21,23,28,36,48,52,58-60,63-66,68-69,72-74H,3-5,7,9-13,15-16,19,22,24-27,29-35,37-47,49-51,53-57H2,1-2H3,(H,67,70)/b8-6+,20-18-,23-21-,28-17-,36-14+,52-48+. The molecule has 1 rings (SSSR count). The summed E-state index contributed by atoms with van der Waals surface area (Å²) in [4.78, 5) is 25.1. The van der Waals surface area contributed by atoms with Gasteiger partial charge < -0.3 is 45.1 Å². The minimum atomic E-state index is -1.58. The van der Waals surface area contributed by atoms with E-state index in [2.05, 4.69) is 79.9 Å². The first kappa shape index (κ1) is 72.1.